The predicted octanol–water partition coefficient (Wildman–Crippen LogP) is 23.1. The van der Waals surface area contributed by atoms with E-state index in [0.29, 0.717) is 0 Å². The molecule has 14 aromatic carbocycles. The lowest BCUT2D eigenvalue weighted by molar-refractivity contribution is 1.21. The van der Waals surface area contributed by atoms with Crippen LogP contribution in [0.3, 0.4) is 0 Å². The topological polar surface area (TPSA) is 13.0 Å². The predicted molar refractivity (Wildman–Crippen MR) is 360 cm³/mol. The molecule has 0 heterocycles. The van der Waals surface area contributed by atoms with E-state index in [2.05, 4.69) is 351 Å². The zero-order valence-electron chi connectivity index (χ0n) is 47.7. The summed E-state index contributed by atoms with van der Waals surface area (Å²) in [6, 6.07) is 111. The molecule has 0 aliphatic rings. The normalized spacial score (nSPS) is 11.3. The van der Waals surface area contributed by atoms with Gasteiger partial charge in [-0.3, -0.25) is 0 Å². The first kappa shape index (κ1) is 51.5. The lowest BCUT2D eigenvalue weighted by Gasteiger charge is -2.32. The quantitative estimate of drug-likeness (QED) is 0.114. The molecule has 4 heteroatoms. The van der Waals surface area contributed by atoms with Crippen LogP contribution in [0.2, 0.25) is 0 Å². The maximum atomic E-state index is 2.42. The van der Waals surface area contributed by atoms with Crippen molar-refractivity contribution in [2.45, 2.75) is 27.7 Å². The van der Waals surface area contributed by atoms with Crippen LogP contribution in [0.1, 0.15) is 22.3 Å². The molecule has 402 valence electrons. The minimum Gasteiger partial charge on any atom is -0.310 e. The lowest BCUT2D eigenvalue weighted by atomic mass is 10.00. The van der Waals surface area contributed by atoms with Crippen LogP contribution < -0.4 is 19.6 Å². The molecular weight excluding hydrogens is 1020 g/mol. The van der Waals surface area contributed by atoms with Crippen molar-refractivity contribution in [1.29, 1.82) is 0 Å². The molecule has 0 fully saturated rings. The standard InChI is InChI=1S/C80H62N4/c1-55-51-79(83(67-29-7-5-8-30-67)75-35-19-27-63-23-15-17-33-73(63)75)57(3)49-77(55)81(71-47-41-59-21-11-13-25-65(59)53-71)69-43-37-61(38-44-69)62-39-45-70(46-40-62)82(72-48-42-60-22-12-14-26-66(60)54-72)78-50-58(4)80(52-56(78)2)84(68-31-9-6-10-32-68)76-36-20-28-64-24-16-18-34-74(64)76/h5-54H,1-4H3. The van der Waals surface area contributed by atoms with Crippen molar-refractivity contribution in [2.75, 3.05) is 19.6 Å². The number of benzene rings is 14. The molecule has 14 rings (SSSR count). The van der Waals surface area contributed by atoms with Crippen LogP contribution in [0.15, 0.2) is 303 Å². The average molecular weight is 1080 g/mol. The van der Waals surface area contributed by atoms with Gasteiger partial charge >= 0.3 is 0 Å². The number of fused-ring (bicyclic) bond motifs is 4. The number of rotatable bonds is 13. The highest BCUT2D eigenvalue weighted by Crippen LogP contribution is 2.48. The highest BCUT2D eigenvalue weighted by Gasteiger charge is 2.25. The fourth-order valence-corrected chi connectivity index (χ4v) is 12.4. The molecule has 0 aromatic heterocycles. The second-order valence-electron chi connectivity index (χ2n) is 22.0. The van der Waals surface area contributed by atoms with E-state index in [1.54, 1.807) is 0 Å². The molecule has 0 aliphatic carbocycles. The number of nitrogens with zero attached hydrogens (tertiary/aromatic N) is 4. The maximum Gasteiger partial charge on any atom is 0.0540 e. The summed E-state index contributed by atoms with van der Waals surface area (Å²) in [5, 5.41) is 9.66. The molecule has 0 atom stereocenters. The fraction of sp³-hybridized carbons (Fsp3) is 0.0500. The third-order valence-corrected chi connectivity index (χ3v) is 16.6. The van der Waals surface area contributed by atoms with E-state index in [-0.39, 0.29) is 0 Å². The number of hydrogen-bond acceptors (Lipinski definition) is 4. The van der Waals surface area contributed by atoms with Crippen molar-refractivity contribution >= 4 is 111 Å². The number of hydrogen-bond donors (Lipinski definition) is 0. The summed E-state index contributed by atoms with van der Waals surface area (Å²) >= 11 is 0. The molecule has 84 heavy (non-hydrogen) atoms. The lowest BCUT2D eigenvalue weighted by Crippen LogP contribution is -2.15. The summed E-state index contributed by atoms with van der Waals surface area (Å²) in [7, 11) is 0. The number of anilines is 12. The zero-order valence-corrected chi connectivity index (χ0v) is 47.7. The van der Waals surface area contributed by atoms with Gasteiger partial charge in [0.1, 0.15) is 0 Å². The summed E-state index contributed by atoms with van der Waals surface area (Å²) in [5.74, 6) is 0. The molecule has 0 aliphatic heterocycles. The summed E-state index contributed by atoms with van der Waals surface area (Å²) < 4.78 is 0. The molecule has 4 nitrogen and oxygen atoms in total. The third kappa shape index (κ3) is 9.63. The maximum absolute atomic E-state index is 2.42. The van der Waals surface area contributed by atoms with E-state index in [4.69, 9.17) is 0 Å². The molecule has 0 saturated carbocycles. The summed E-state index contributed by atoms with van der Waals surface area (Å²) in [6.45, 7) is 8.99. The number of para-hydroxylation sites is 2. The van der Waals surface area contributed by atoms with E-state index in [1.807, 2.05) is 0 Å². The van der Waals surface area contributed by atoms with E-state index in [1.165, 1.54) is 65.3 Å². The van der Waals surface area contributed by atoms with Crippen molar-refractivity contribution in [1.82, 2.24) is 0 Å². The van der Waals surface area contributed by atoms with Gasteiger partial charge in [0.05, 0.1) is 11.4 Å². The van der Waals surface area contributed by atoms with Gasteiger partial charge in [-0.05, 0) is 203 Å². The molecule has 0 N–H and O–H groups in total. The van der Waals surface area contributed by atoms with Gasteiger partial charge in [0.25, 0.3) is 0 Å². The van der Waals surface area contributed by atoms with Crippen molar-refractivity contribution in [3.8, 4) is 11.1 Å². The number of aryl methyl sites for hydroxylation is 4. The highest BCUT2D eigenvalue weighted by atomic mass is 15.2. The van der Waals surface area contributed by atoms with E-state index < -0.39 is 0 Å². The Balaban J connectivity index is 0.839. The van der Waals surface area contributed by atoms with Gasteiger partial charge in [-0.15, -0.1) is 0 Å². The van der Waals surface area contributed by atoms with Gasteiger partial charge in [-0.25, -0.2) is 0 Å². The van der Waals surface area contributed by atoms with Gasteiger partial charge in [0.2, 0.25) is 0 Å². The molecule has 0 spiro atoms. The Labute approximate surface area is 492 Å². The monoisotopic (exact) mass is 1080 g/mol. The molecule has 0 saturated heterocycles. The van der Waals surface area contributed by atoms with Crippen molar-refractivity contribution < 1.29 is 0 Å². The van der Waals surface area contributed by atoms with Gasteiger partial charge in [-0.2, -0.15) is 0 Å². The Kier molecular flexibility index (Phi) is 13.5. The van der Waals surface area contributed by atoms with Crippen LogP contribution in [0, 0.1) is 27.7 Å². The van der Waals surface area contributed by atoms with Crippen LogP contribution in [-0.4, -0.2) is 0 Å². The van der Waals surface area contributed by atoms with Crippen LogP contribution in [0.5, 0.6) is 0 Å². The summed E-state index contributed by atoms with van der Waals surface area (Å²) in [4.78, 5) is 9.69. The molecule has 14 aromatic rings. The van der Waals surface area contributed by atoms with E-state index in [0.717, 1.165) is 79.4 Å². The van der Waals surface area contributed by atoms with Gasteiger partial charge < -0.3 is 19.6 Å². The van der Waals surface area contributed by atoms with Crippen molar-refractivity contribution in [2.24, 2.45) is 0 Å². The summed E-state index contributed by atoms with van der Waals surface area (Å²) in [6.07, 6.45) is 0. The Morgan fingerprint density at radius 1 is 0.179 bits per heavy atom. The first-order chi connectivity index (χ1) is 41.3. The Morgan fingerprint density at radius 2 is 0.464 bits per heavy atom. The highest BCUT2D eigenvalue weighted by molar-refractivity contribution is 6.02. The largest absolute Gasteiger partial charge is 0.310 e. The van der Waals surface area contributed by atoms with Crippen LogP contribution in [-0.2, 0) is 0 Å². The minimum atomic E-state index is 1.08. The van der Waals surface area contributed by atoms with Gasteiger partial charge in [0.15, 0.2) is 0 Å². The van der Waals surface area contributed by atoms with Crippen LogP contribution >= 0.6 is 0 Å². The first-order valence-electron chi connectivity index (χ1n) is 29.0. The van der Waals surface area contributed by atoms with E-state index >= 15 is 0 Å². The molecule has 0 bridgehead atoms. The fourth-order valence-electron chi connectivity index (χ4n) is 12.4. The second-order valence-corrected chi connectivity index (χ2v) is 22.0. The first-order valence-corrected chi connectivity index (χ1v) is 29.0. The van der Waals surface area contributed by atoms with Crippen molar-refractivity contribution in [3.05, 3.63) is 326 Å². The summed E-state index contributed by atoms with van der Waals surface area (Å²) in [5.41, 5.74) is 20.4. The molecule has 0 amide bonds. The molecule has 0 radical (unpaired) electrons. The molecular formula is C80H62N4. The Bertz CT molecular complexity index is 4410. The van der Waals surface area contributed by atoms with Gasteiger partial charge in [-0.1, -0.05) is 194 Å². The minimum absolute atomic E-state index is 1.08. The second kappa shape index (κ2) is 22.0. The van der Waals surface area contributed by atoms with Gasteiger partial charge in [0, 0.05) is 67.6 Å². The Morgan fingerprint density at radius 3 is 0.845 bits per heavy atom. The Hall–Kier alpha value is -10.7. The van der Waals surface area contributed by atoms with Crippen LogP contribution in [0.25, 0.3) is 54.2 Å². The van der Waals surface area contributed by atoms with Crippen molar-refractivity contribution in [3.63, 3.8) is 0 Å². The van der Waals surface area contributed by atoms with E-state index in [9.17, 15) is 0 Å². The average Bonchev–Trinajstić information content (AvgIpc) is 3.71. The SMILES string of the molecule is Cc1cc(N(c2ccccc2)c2cccc3ccccc23)c(C)cc1N(c1ccc(-c2ccc(N(c3ccc4ccccc4c3)c3cc(C)c(N(c4ccccc4)c4cccc5ccccc45)cc3C)cc2)cc1)c1ccc2ccccc2c1. The smallest absolute Gasteiger partial charge is 0.0540 e. The third-order valence-electron chi connectivity index (χ3n) is 16.6. The van der Waals surface area contributed by atoms with Crippen LogP contribution in [0.4, 0.5) is 68.2 Å². The zero-order chi connectivity index (χ0) is 56.7. The molecule has 0 unspecified atom stereocenters.